The van der Waals surface area contributed by atoms with Gasteiger partial charge in [0.2, 0.25) is 5.78 Å². The topological polar surface area (TPSA) is 198 Å². The van der Waals surface area contributed by atoms with Gasteiger partial charge in [0.1, 0.15) is 5.60 Å². The van der Waals surface area contributed by atoms with E-state index < -0.39 is 52.1 Å². The number of unbranched alkanes of at least 4 members (excludes halogenated alkanes) is 1. The third-order valence-electron chi connectivity index (χ3n) is 11.0. The van der Waals surface area contributed by atoms with Gasteiger partial charge < -0.3 is 34.0 Å². The number of esters is 1. The Labute approximate surface area is 277 Å². The minimum absolute atomic E-state index is 0.00401. The van der Waals surface area contributed by atoms with Gasteiger partial charge in [0.15, 0.2) is 23.9 Å². The molecule has 0 spiro atoms. The lowest BCUT2D eigenvalue weighted by Gasteiger charge is -2.58. The van der Waals surface area contributed by atoms with Crippen molar-refractivity contribution in [3.63, 3.8) is 0 Å². The number of allylic oxidation sites excluding steroid dienone is 4. The average molecular weight is 672 g/mol. The lowest BCUT2D eigenvalue weighted by Crippen LogP contribution is -2.61. The van der Waals surface area contributed by atoms with Gasteiger partial charge in [-0.1, -0.05) is 31.6 Å². The molecule has 0 heterocycles. The quantitative estimate of drug-likeness (QED) is 0.0810. The van der Waals surface area contributed by atoms with E-state index in [1.807, 2.05) is 19.9 Å². The fraction of sp³-hybridized carbons (Fsp3) is 0.588. The van der Waals surface area contributed by atoms with Crippen LogP contribution < -0.4 is 9.47 Å². The molecule has 2 fully saturated rings. The van der Waals surface area contributed by atoms with Crippen LogP contribution in [0.3, 0.4) is 0 Å². The predicted molar refractivity (Wildman–Crippen MR) is 165 cm³/mol. The van der Waals surface area contributed by atoms with Gasteiger partial charge in [-0.3, -0.25) is 9.59 Å². The summed E-state index contributed by atoms with van der Waals surface area (Å²) in [6, 6.07) is 3.92. The van der Waals surface area contributed by atoms with E-state index in [0.29, 0.717) is 32.1 Å². The van der Waals surface area contributed by atoms with E-state index in [1.54, 1.807) is 6.08 Å². The highest BCUT2D eigenvalue weighted by atomic mass is 16.9. The number of methoxy groups -OCH3 is 1. The first-order valence-electron chi connectivity index (χ1n) is 16.1. The fourth-order valence-electron chi connectivity index (χ4n) is 8.53. The summed E-state index contributed by atoms with van der Waals surface area (Å²) >= 11 is 0. The number of fused-ring (bicyclic) bond motifs is 5. The molecule has 7 atom stereocenters. The molecule has 48 heavy (non-hydrogen) atoms. The summed E-state index contributed by atoms with van der Waals surface area (Å²) in [6.07, 6.45) is 6.05. The zero-order valence-corrected chi connectivity index (χ0v) is 27.2. The zero-order chi connectivity index (χ0) is 34.9. The van der Waals surface area contributed by atoms with Crippen LogP contribution in [0, 0.1) is 38.7 Å². The lowest BCUT2D eigenvalue weighted by atomic mass is 9.47. The van der Waals surface area contributed by atoms with Gasteiger partial charge in [0, 0.05) is 23.2 Å². The van der Waals surface area contributed by atoms with E-state index in [-0.39, 0.29) is 66.7 Å². The molecule has 0 radical (unpaired) electrons. The molecule has 260 valence electrons. The first-order chi connectivity index (χ1) is 22.7. The maximum atomic E-state index is 13.6. The number of ether oxygens (including phenoxy) is 4. The van der Waals surface area contributed by atoms with Crippen LogP contribution in [0.1, 0.15) is 69.2 Å². The number of carbonyl (C=O) groups is 4. The molecular formula is C34H41NO13. The Kier molecular flexibility index (Phi) is 9.97. The van der Waals surface area contributed by atoms with Gasteiger partial charge >= 0.3 is 12.1 Å². The normalized spacial score (nSPS) is 31.8. The van der Waals surface area contributed by atoms with Crippen LogP contribution in [-0.2, 0) is 23.9 Å². The number of hydrogen-bond donors (Lipinski definition) is 2. The minimum Gasteiger partial charge on any atom is -0.493 e. The van der Waals surface area contributed by atoms with E-state index in [9.17, 15) is 39.5 Å². The largest absolute Gasteiger partial charge is 0.514 e. The zero-order valence-electron chi connectivity index (χ0n) is 27.2. The third-order valence-corrected chi connectivity index (χ3v) is 11.0. The van der Waals surface area contributed by atoms with Crippen molar-refractivity contribution in [3.8, 4) is 11.5 Å². The minimum atomic E-state index is -1.84. The molecule has 14 heteroatoms. The maximum absolute atomic E-state index is 13.6. The van der Waals surface area contributed by atoms with Gasteiger partial charge in [-0.15, -0.1) is 10.1 Å². The molecule has 0 saturated heterocycles. The van der Waals surface area contributed by atoms with Crippen molar-refractivity contribution in [2.75, 3.05) is 26.9 Å². The van der Waals surface area contributed by atoms with Crippen LogP contribution in [0.15, 0.2) is 42.0 Å². The van der Waals surface area contributed by atoms with E-state index in [0.717, 1.165) is 5.57 Å². The van der Waals surface area contributed by atoms with Crippen molar-refractivity contribution in [2.45, 2.75) is 70.5 Å². The summed E-state index contributed by atoms with van der Waals surface area (Å²) < 4.78 is 20.7. The lowest BCUT2D eigenvalue weighted by molar-refractivity contribution is -0.757. The number of aliphatic hydroxyl groups is 2. The number of Topliss-reactive ketones (excluding diaryl/α,β-unsaturated/α-hetero) is 1. The van der Waals surface area contributed by atoms with Crippen LogP contribution in [0.2, 0.25) is 0 Å². The van der Waals surface area contributed by atoms with Gasteiger partial charge in [0.25, 0.3) is 5.09 Å². The van der Waals surface area contributed by atoms with Gasteiger partial charge in [0.05, 0.1) is 32.0 Å². The predicted octanol–water partition coefficient (Wildman–Crippen LogP) is 3.93. The fourth-order valence-corrected chi connectivity index (χ4v) is 8.53. The second-order valence-corrected chi connectivity index (χ2v) is 13.4. The Morgan fingerprint density at radius 3 is 2.58 bits per heavy atom. The number of ketones is 2. The number of rotatable bonds is 12. The molecule has 2 N–H and O–H groups in total. The summed E-state index contributed by atoms with van der Waals surface area (Å²) in [6.45, 7) is 3.01. The highest BCUT2D eigenvalue weighted by Gasteiger charge is 2.68. The van der Waals surface area contributed by atoms with Crippen molar-refractivity contribution < 1.29 is 58.3 Å². The van der Waals surface area contributed by atoms with E-state index in [1.165, 1.54) is 25.3 Å². The maximum Gasteiger partial charge on any atom is 0.514 e. The summed E-state index contributed by atoms with van der Waals surface area (Å²) in [4.78, 5) is 65.1. The van der Waals surface area contributed by atoms with E-state index in [4.69, 9.17) is 18.9 Å². The van der Waals surface area contributed by atoms with Gasteiger partial charge in [-0.25, -0.2) is 9.59 Å². The summed E-state index contributed by atoms with van der Waals surface area (Å²) in [5, 5.41) is 32.7. The Morgan fingerprint density at radius 1 is 1.10 bits per heavy atom. The van der Waals surface area contributed by atoms with Crippen LogP contribution in [0.4, 0.5) is 4.79 Å². The second kappa shape index (κ2) is 13.7. The molecule has 0 amide bonds. The SMILES string of the molecule is COc1cc(C(=O)OCCCCO[N+](=O)[O-])ccc1OC(=O)OCC(=O)[C@@]1(O)CC[C@H]2[C@@H]3CC=C4CC(=O)C=C[C@]4(C)[C@H]3[C@@H](O)C[C@@]21C. The second-order valence-electron chi connectivity index (χ2n) is 13.4. The first-order valence-corrected chi connectivity index (χ1v) is 16.1. The van der Waals surface area contributed by atoms with Crippen LogP contribution in [0.5, 0.6) is 11.5 Å². The third kappa shape index (κ3) is 6.42. The Hall–Kier alpha value is -4.30. The van der Waals surface area contributed by atoms with Gasteiger partial charge in [-0.05, 0) is 74.6 Å². The van der Waals surface area contributed by atoms with E-state index >= 15 is 0 Å². The summed E-state index contributed by atoms with van der Waals surface area (Å²) in [5.74, 6) is -1.67. The Balaban J connectivity index is 1.18. The number of benzene rings is 1. The van der Waals surface area contributed by atoms with Crippen LogP contribution >= 0.6 is 0 Å². The molecule has 5 rings (SSSR count). The molecule has 0 aromatic heterocycles. The molecule has 14 nitrogen and oxygen atoms in total. The van der Waals surface area contributed by atoms with Crippen molar-refractivity contribution in [1.82, 2.24) is 0 Å². The highest BCUT2D eigenvalue weighted by Crippen LogP contribution is 2.66. The highest BCUT2D eigenvalue weighted by molar-refractivity contribution is 5.93. The monoisotopic (exact) mass is 671 g/mol. The molecule has 0 bridgehead atoms. The number of nitrogens with zero attached hydrogens (tertiary/aromatic N) is 1. The molecule has 4 aliphatic rings. The molecule has 1 aromatic carbocycles. The van der Waals surface area contributed by atoms with Gasteiger partial charge in [-0.2, -0.15) is 0 Å². The molecule has 2 saturated carbocycles. The Morgan fingerprint density at radius 2 is 1.85 bits per heavy atom. The number of carbonyl (C=O) groups excluding carboxylic acids is 4. The van der Waals surface area contributed by atoms with Crippen molar-refractivity contribution >= 4 is 23.7 Å². The number of aliphatic hydroxyl groups excluding tert-OH is 1. The molecule has 0 aliphatic heterocycles. The van der Waals surface area contributed by atoms with Crippen molar-refractivity contribution in [1.29, 1.82) is 0 Å². The van der Waals surface area contributed by atoms with Crippen molar-refractivity contribution in [3.05, 3.63) is 57.7 Å². The molecule has 0 unspecified atom stereocenters. The van der Waals surface area contributed by atoms with E-state index in [2.05, 4.69) is 10.9 Å². The average Bonchev–Trinajstić information content (AvgIpc) is 3.32. The van der Waals surface area contributed by atoms with Crippen molar-refractivity contribution in [2.24, 2.45) is 28.6 Å². The first kappa shape index (κ1) is 35.0. The smallest absolute Gasteiger partial charge is 0.493 e. The Bertz CT molecular complexity index is 1540. The summed E-state index contributed by atoms with van der Waals surface area (Å²) in [7, 11) is 1.30. The molecule has 4 aliphatic carbocycles. The van der Waals surface area contributed by atoms with Crippen LogP contribution in [0.25, 0.3) is 0 Å². The molecule has 1 aromatic rings. The summed E-state index contributed by atoms with van der Waals surface area (Å²) in [5.41, 5.74) is -2.18. The number of hydrogen-bond acceptors (Lipinski definition) is 13. The standard InChI is InChI=1S/C34H41NO13/c1-32-12-10-22(36)17-21(32)7-8-23-24-11-13-34(41,33(24,2)18-25(37)29(23)32)28(38)19-46-31(40)48-26-9-6-20(16-27(26)44-3)30(39)45-14-4-5-15-47-35(42)43/h6-7,9-10,12,16,23-25,29,37,41H,4-5,8,11,13-15,17-19H2,1-3H3/t23-,24-,25-,29+,32-,33-,34-/m0/s1. The molecular weight excluding hydrogens is 630 g/mol. The van der Waals surface area contributed by atoms with Crippen LogP contribution in [-0.4, -0.2) is 77.6 Å².